The number of halogens is 3. The second-order valence-electron chi connectivity index (χ2n) is 4.44. The van der Waals surface area contributed by atoms with Gasteiger partial charge in [0, 0.05) is 16.9 Å². The molecule has 0 radical (unpaired) electrons. The van der Waals surface area contributed by atoms with E-state index in [1.807, 2.05) is 6.92 Å². The predicted octanol–water partition coefficient (Wildman–Crippen LogP) is 2.73. The van der Waals surface area contributed by atoms with E-state index in [-0.39, 0.29) is 11.3 Å². The molecule has 0 spiro atoms. The molecule has 16 heavy (non-hydrogen) atoms. The summed E-state index contributed by atoms with van der Waals surface area (Å²) < 4.78 is 38.0. The van der Waals surface area contributed by atoms with Crippen molar-refractivity contribution in [2.45, 2.75) is 32.9 Å². The summed E-state index contributed by atoms with van der Waals surface area (Å²) in [5.74, 6) is 0.327. The third-order valence-corrected chi connectivity index (χ3v) is 3.04. The first-order valence-electron chi connectivity index (χ1n) is 5.15. The van der Waals surface area contributed by atoms with E-state index < -0.39 is 11.9 Å². The number of anilines is 1. The van der Waals surface area contributed by atoms with Gasteiger partial charge in [0.1, 0.15) is 5.69 Å². The molecule has 0 fully saturated rings. The van der Waals surface area contributed by atoms with E-state index in [2.05, 4.69) is 4.98 Å². The van der Waals surface area contributed by atoms with Crippen molar-refractivity contribution < 1.29 is 13.2 Å². The smallest absolute Gasteiger partial charge is 0.398 e. The lowest BCUT2D eigenvalue weighted by molar-refractivity contribution is -0.141. The molecule has 0 aliphatic heterocycles. The minimum absolute atomic E-state index is 0.0559. The number of aromatic nitrogens is 1. The number of rotatable bonds is 0. The average Bonchev–Trinajstić information content (AvgIpc) is 2.51. The molecular weight excluding hydrogens is 217 g/mol. The van der Waals surface area contributed by atoms with Crippen LogP contribution in [0, 0.1) is 12.8 Å². The van der Waals surface area contributed by atoms with Gasteiger partial charge in [-0.25, -0.2) is 4.98 Å². The van der Waals surface area contributed by atoms with Crippen LogP contribution in [0.25, 0.3) is 0 Å². The molecule has 2 nitrogen and oxygen atoms in total. The van der Waals surface area contributed by atoms with Crippen LogP contribution in [0.1, 0.15) is 29.4 Å². The van der Waals surface area contributed by atoms with Crippen LogP contribution >= 0.6 is 0 Å². The Hall–Kier alpha value is -1.26. The summed E-state index contributed by atoms with van der Waals surface area (Å²) in [6.07, 6.45) is -3.10. The molecule has 5 heteroatoms. The number of pyridine rings is 1. The monoisotopic (exact) mass is 230 g/mol. The van der Waals surface area contributed by atoms with Gasteiger partial charge in [0.05, 0.1) is 0 Å². The second-order valence-corrected chi connectivity index (χ2v) is 4.44. The maximum Gasteiger partial charge on any atom is 0.433 e. The van der Waals surface area contributed by atoms with Gasteiger partial charge in [0.25, 0.3) is 0 Å². The molecule has 1 aliphatic carbocycles. The van der Waals surface area contributed by atoms with Crippen molar-refractivity contribution in [3.05, 3.63) is 22.5 Å². The highest BCUT2D eigenvalue weighted by Crippen LogP contribution is 2.38. The van der Waals surface area contributed by atoms with Crippen molar-refractivity contribution >= 4 is 5.69 Å². The normalized spacial score (nSPS) is 19.9. The summed E-state index contributed by atoms with van der Waals surface area (Å²) in [6, 6.07) is 0. The van der Waals surface area contributed by atoms with Crippen LogP contribution in [0.15, 0.2) is 0 Å². The predicted molar refractivity (Wildman–Crippen MR) is 55.0 cm³/mol. The first-order valence-corrected chi connectivity index (χ1v) is 5.15. The molecular formula is C11H13F3N2. The summed E-state index contributed by atoms with van der Waals surface area (Å²) in [5.41, 5.74) is 6.56. The average molecular weight is 230 g/mol. The molecule has 0 bridgehead atoms. The van der Waals surface area contributed by atoms with E-state index in [0.29, 0.717) is 18.0 Å². The van der Waals surface area contributed by atoms with E-state index in [0.717, 1.165) is 12.0 Å². The lowest BCUT2D eigenvalue weighted by atomic mass is 10.1. The highest BCUT2D eigenvalue weighted by Gasteiger charge is 2.37. The maximum atomic E-state index is 12.7. The van der Waals surface area contributed by atoms with Gasteiger partial charge in [-0.2, -0.15) is 13.2 Å². The Morgan fingerprint density at radius 3 is 2.50 bits per heavy atom. The van der Waals surface area contributed by atoms with Gasteiger partial charge in [-0.05, 0) is 31.2 Å². The van der Waals surface area contributed by atoms with Gasteiger partial charge < -0.3 is 5.73 Å². The van der Waals surface area contributed by atoms with Crippen molar-refractivity contribution in [1.29, 1.82) is 0 Å². The molecule has 88 valence electrons. The number of hydrogen-bond donors (Lipinski definition) is 1. The van der Waals surface area contributed by atoms with Crippen LogP contribution in [0.3, 0.4) is 0 Å². The van der Waals surface area contributed by atoms with E-state index in [4.69, 9.17) is 5.73 Å². The zero-order valence-electron chi connectivity index (χ0n) is 9.15. The van der Waals surface area contributed by atoms with Crippen LogP contribution in [0.5, 0.6) is 0 Å². The molecule has 1 atom stereocenters. The molecule has 1 aliphatic rings. The van der Waals surface area contributed by atoms with Crippen LogP contribution in [0.2, 0.25) is 0 Å². The quantitative estimate of drug-likeness (QED) is 0.744. The van der Waals surface area contributed by atoms with Crippen molar-refractivity contribution in [3.63, 3.8) is 0 Å². The maximum absolute atomic E-state index is 12.7. The summed E-state index contributed by atoms with van der Waals surface area (Å²) in [7, 11) is 0. The largest absolute Gasteiger partial charge is 0.433 e. The fourth-order valence-corrected chi connectivity index (χ4v) is 2.22. The molecule has 0 aromatic carbocycles. The second kappa shape index (κ2) is 3.37. The Labute approximate surface area is 91.7 Å². The highest BCUT2D eigenvalue weighted by molar-refractivity contribution is 5.58. The van der Waals surface area contributed by atoms with Crippen LogP contribution in [-0.4, -0.2) is 4.98 Å². The highest BCUT2D eigenvalue weighted by atomic mass is 19.4. The fourth-order valence-electron chi connectivity index (χ4n) is 2.22. The standard InChI is InChI=1S/C11H13F3N2/c1-5-3-7-8(4-5)16-10(11(12,13)14)6(2)9(7)15/h5H,3-4H2,1-2H3,(H2,15,16). The van der Waals surface area contributed by atoms with E-state index >= 15 is 0 Å². The fraction of sp³-hybridized carbons (Fsp3) is 0.545. The van der Waals surface area contributed by atoms with Crippen LogP contribution < -0.4 is 5.73 Å². The Morgan fingerprint density at radius 2 is 1.94 bits per heavy atom. The summed E-state index contributed by atoms with van der Waals surface area (Å²) in [4.78, 5) is 3.73. The Balaban J connectivity index is 2.61. The lowest BCUT2D eigenvalue weighted by Gasteiger charge is -2.14. The number of hydrogen-bond acceptors (Lipinski definition) is 2. The molecule has 2 rings (SSSR count). The molecule has 1 aromatic rings. The van der Waals surface area contributed by atoms with Gasteiger partial charge >= 0.3 is 6.18 Å². The SMILES string of the molecule is Cc1c(C(F)(F)F)nc2c(c1N)CC(C)C2. The van der Waals surface area contributed by atoms with Crippen molar-refractivity contribution in [3.8, 4) is 0 Å². The zero-order chi connectivity index (χ0) is 12.1. The van der Waals surface area contributed by atoms with E-state index in [1.165, 1.54) is 6.92 Å². The Kier molecular flexibility index (Phi) is 2.36. The number of alkyl halides is 3. The number of fused-ring (bicyclic) bond motifs is 1. The summed E-state index contributed by atoms with van der Waals surface area (Å²) >= 11 is 0. The Morgan fingerprint density at radius 1 is 1.31 bits per heavy atom. The minimum Gasteiger partial charge on any atom is -0.398 e. The Bertz CT molecular complexity index is 438. The molecule has 1 aromatic heterocycles. The molecule has 0 saturated heterocycles. The third-order valence-electron chi connectivity index (χ3n) is 3.04. The zero-order valence-corrected chi connectivity index (χ0v) is 9.15. The number of nitrogen functional groups attached to an aromatic ring is 1. The van der Waals surface area contributed by atoms with E-state index in [9.17, 15) is 13.2 Å². The minimum atomic E-state index is -4.42. The van der Waals surface area contributed by atoms with E-state index in [1.54, 1.807) is 0 Å². The van der Waals surface area contributed by atoms with Crippen molar-refractivity contribution in [1.82, 2.24) is 4.98 Å². The lowest BCUT2D eigenvalue weighted by Crippen LogP contribution is -2.14. The molecule has 0 amide bonds. The summed E-state index contributed by atoms with van der Waals surface area (Å²) in [5, 5.41) is 0. The summed E-state index contributed by atoms with van der Waals surface area (Å²) in [6.45, 7) is 3.37. The van der Waals surface area contributed by atoms with Gasteiger partial charge in [-0.15, -0.1) is 0 Å². The topological polar surface area (TPSA) is 38.9 Å². The molecule has 0 saturated carbocycles. The van der Waals surface area contributed by atoms with Gasteiger partial charge in [0.2, 0.25) is 0 Å². The van der Waals surface area contributed by atoms with Gasteiger partial charge in [0.15, 0.2) is 0 Å². The van der Waals surface area contributed by atoms with Crippen LogP contribution in [0.4, 0.5) is 18.9 Å². The van der Waals surface area contributed by atoms with Crippen molar-refractivity contribution in [2.75, 3.05) is 5.73 Å². The molecule has 1 unspecified atom stereocenters. The molecule has 2 N–H and O–H groups in total. The van der Waals surface area contributed by atoms with Gasteiger partial charge in [-0.1, -0.05) is 6.92 Å². The first kappa shape index (κ1) is 11.2. The molecule has 1 heterocycles. The third kappa shape index (κ3) is 1.64. The number of nitrogens with two attached hydrogens (primary N) is 1. The van der Waals surface area contributed by atoms with Crippen molar-refractivity contribution in [2.24, 2.45) is 5.92 Å². The van der Waals surface area contributed by atoms with Gasteiger partial charge in [-0.3, -0.25) is 0 Å². The first-order chi connectivity index (χ1) is 7.30. The van der Waals surface area contributed by atoms with Crippen LogP contribution in [-0.2, 0) is 19.0 Å². The number of nitrogens with zero attached hydrogens (tertiary/aromatic N) is 1.